The van der Waals surface area contributed by atoms with Crippen molar-refractivity contribution in [1.82, 2.24) is 0 Å². The van der Waals surface area contributed by atoms with E-state index in [4.69, 9.17) is 9.47 Å². The number of anilines is 1. The van der Waals surface area contributed by atoms with Crippen molar-refractivity contribution in [3.05, 3.63) is 60.2 Å². The van der Waals surface area contributed by atoms with Crippen molar-refractivity contribution in [3.63, 3.8) is 0 Å². The van der Waals surface area contributed by atoms with Crippen LogP contribution in [0.25, 0.3) is 0 Å². The number of amides is 1. The zero-order chi connectivity index (χ0) is 15.9. The summed E-state index contributed by atoms with van der Waals surface area (Å²) in [6.07, 6.45) is -0.701. The molecule has 5 nitrogen and oxygen atoms in total. The minimum atomic E-state index is -0.701. The molecule has 0 aliphatic heterocycles. The van der Waals surface area contributed by atoms with E-state index in [0.717, 1.165) is 0 Å². The van der Waals surface area contributed by atoms with Gasteiger partial charge in [0, 0.05) is 0 Å². The van der Waals surface area contributed by atoms with Crippen LogP contribution in [0.1, 0.15) is 17.3 Å². The molecular formula is C17H17NO4. The second kappa shape index (κ2) is 7.26. The Morgan fingerprint density at radius 3 is 2.32 bits per heavy atom. The molecule has 2 aromatic carbocycles. The minimum Gasteiger partial charge on any atom is -0.481 e. The van der Waals surface area contributed by atoms with Crippen LogP contribution in [0.4, 0.5) is 5.69 Å². The van der Waals surface area contributed by atoms with Gasteiger partial charge in [0.05, 0.1) is 18.4 Å². The van der Waals surface area contributed by atoms with Gasteiger partial charge in [0.1, 0.15) is 5.75 Å². The molecule has 114 valence electrons. The SMILES string of the molecule is COC(=O)c1ccccc1NC(=O)[C@@H](C)Oc1ccccc1. The number of hydrogen-bond acceptors (Lipinski definition) is 4. The van der Waals surface area contributed by atoms with Crippen LogP contribution in [-0.4, -0.2) is 25.1 Å². The van der Waals surface area contributed by atoms with E-state index in [-0.39, 0.29) is 5.91 Å². The summed E-state index contributed by atoms with van der Waals surface area (Å²) < 4.78 is 10.2. The van der Waals surface area contributed by atoms with Crippen molar-refractivity contribution >= 4 is 17.6 Å². The highest BCUT2D eigenvalue weighted by Gasteiger charge is 2.18. The van der Waals surface area contributed by atoms with Crippen molar-refractivity contribution in [3.8, 4) is 5.75 Å². The summed E-state index contributed by atoms with van der Waals surface area (Å²) in [7, 11) is 1.29. The number of esters is 1. The predicted octanol–water partition coefficient (Wildman–Crippen LogP) is 2.88. The fourth-order valence-electron chi connectivity index (χ4n) is 1.87. The average molecular weight is 299 g/mol. The third-order valence-electron chi connectivity index (χ3n) is 3.02. The number of carbonyl (C=O) groups excluding carboxylic acids is 2. The summed E-state index contributed by atoms with van der Waals surface area (Å²) in [5.41, 5.74) is 0.688. The van der Waals surface area contributed by atoms with Gasteiger partial charge in [-0.25, -0.2) is 4.79 Å². The van der Waals surface area contributed by atoms with Gasteiger partial charge in [0.2, 0.25) is 0 Å². The Hall–Kier alpha value is -2.82. The Kier molecular flexibility index (Phi) is 5.14. The van der Waals surface area contributed by atoms with Gasteiger partial charge in [-0.3, -0.25) is 4.79 Å². The number of carbonyl (C=O) groups is 2. The molecule has 0 aromatic heterocycles. The molecule has 5 heteroatoms. The van der Waals surface area contributed by atoms with E-state index in [0.29, 0.717) is 17.0 Å². The maximum Gasteiger partial charge on any atom is 0.339 e. The quantitative estimate of drug-likeness (QED) is 0.862. The molecule has 0 unspecified atom stereocenters. The van der Waals surface area contributed by atoms with Crippen LogP contribution in [-0.2, 0) is 9.53 Å². The number of nitrogens with one attached hydrogen (secondary N) is 1. The zero-order valence-corrected chi connectivity index (χ0v) is 12.4. The van der Waals surface area contributed by atoms with Crippen molar-refractivity contribution in [2.45, 2.75) is 13.0 Å². The average Bonchev–Trinajstić information content (AvgIpc) is 2.55. The van der Waals surface area contributed by atoms with Gasteiger partial charge in [0.15, 0.2) is 6.10 Å². The maximum atomic E-state index is 12.2. The lowest BCUT2D eigenvalue weighted by Gasteiger charge is -2.16. The number of benzene rings is 2. The molecule has 0 spiro atoms. The summed E-state index contributed by atoms with van der Waals surface area (Å²) in [5.74, 6) is -0.251. The fourth-order valence-corrected chi connectivity index (χ4v) is 1.87. The monoisotopic (exact) mass is 299 g/mol. The van der Waals surface area contributed by atoms with Crippen molar-refractivity contribution in [2.75, 3.05) is 12.4 Å². The second-order valence-electron chi connectivity index (χ2n) is 4.60. The van der Waals surface area contributed by atoms with E-state index in [1.165, 1.54) is 7.11 Å². The Balaban J connectivity index is 2.07. The van der Waals surface area contributed by atoms with Crippen molar-refractivity contribution in [1.29, 1.82) is 0 Å². The van der Waals surface area contributed by atoms with Crippen molar-refractivity contribution < 1.29 is 19.1 Å². The van der Waals surface area contributed by atoms with Gasteiger partial charge in [-0.2, -0.15) is 0 Å². The molecule has 0 saturated heterocycles. The summed E-state index contributed by atoms with van der Waals surface area (Å²) in [6.45, 7) is 1.64. The van der Waals surface area contributed by atoms with Gasteiger partial charge < -0.3 is 14.8 Å². The Morgan fingerprint density at radius 2 is 1.64 bits per heavy atom. The van der Waals surface area contributed by atoms with E-state index >= 15 is 0 Å². The Morgan fingerprint density at radius 1 is 1.00 bits per heavy atom. The van der Waals surface area contributed by atoms with Gasteiger partial charge in [-0.05, 0) is 31.2 Å². The molecule has 22 heavy (non-hydrogen) atoms. The van der Waals surface area contributed by atoms with E-state index in [1.54, 1.807) is 43.3 Å². The van der Waals surface area contributed by atoms with Crippen LogP contribution in [0.5, 0.6) is 5.75 Å². The number of methoxy groups -OCH3 is 1. The van der Waals surface area contributed by atoms with Crippen LogP contribution in [0.2, 0.25) is 0 Å². The van der Waals surface area contributed by atoms with Crippen LogP contribution < -0.4 is 10.1 Å². The lowest BCUT2D eigenvalue weighted by Crippen LogP contribution is -2.30. The van der Waals surface area contributed by atoms with E-state index in [9.17, 15) is 9.59 Å². The molecule has 2 rings (SSSR count). The standard InChI is InChI=1S/C17H17NO4/c1-12(22-13-8-4-3-5-9-13)16(19)18-15-11-7-6-10-14(15)17(20)21-2/h3-12H,1-2H3,(H,18,19)/t12-/m1/s1. The molecule has 2 aromatic rings. The molecule has 0 heterocycles. The first kappa shape index (κ1) is 15.6. The van der Waals surface area contributed by atoms with Crippen LogP contribution in [0.3, 0.4) is 0 Å². The Labute approximate surface area is 128 Å². The van der Waals surface area contributed by atoms with E-state index < -0.39 is 12.1 Å². The first-order chi connectivity index (χ1) is 10.6. The summed E-state index contributed by atoms with van der Waals surface area (Å²) in [6, 6.07) is 15.7. The van der Waals surface area contributed by atoms with Crippen LogP contribution >= 0.6 is 0 Å². The number of hydrogen-bond donors (Lipinski definition) is 1. The topological polar surface area (TPSA) is 64.6 Å². The maximum absolute atomic E-state index is 12.2. The summed E-state index contributed by atoms with van der Waals surface area (Å²) >= 11 is 0. The third kappa shape index (κ3) is 3.85. The molecular weight excluding hydrogens is 282 g/mol. The fraction of sp³-hybridized carbons (Fsp3) is 0.176. The van der Waals surface area contributed by atoms with E-state index in [2.05, 4.69) is 5.32 Å². The number of para-hydroxylation sites is 2. The van der Waals surface area contributed by atoms with Crippen molar-refractivity contribution in [2.24, 2.45) is 0 Å². The highest BCUT2D eigenvalue weighted by Crippen LogP contribution is 2.17. The largest absolute Gasteiger partial charge is 0.481 e. The number of rotatable bonds is 5. The Bertz CT molecular complexity index is 655. The first-order valence-electron chi connectivity index (χ1n) is 6.81. The highest BCUT2D eigenvalue weighted by molar-refractivity contribution is 6.02. The van der Waals surface area contributed by atoms with Crippen LogP contribution in [0.15, 0.2) is 54.6 Å². The normalized spacial score (nSPS) is 11.4. The third-order valence-corrected chi connectivity index (χ3v) is 3.02. The summed E-state index contributed by atoms with van der Waals surface area (Å²) in [4.78, 5) is 23.9. The highest BCUT2D eigenvalue weighted by atomic mass is 16.5. The first-order valence-corrected chi connectivity index (χ1v) is 6.81. The van der Waals surface area contributed by atoms with E-state index in [1.807, 2.05) is 18.2 Å². The smallest absolute Gasteiger partial charge is 0.339 e. The van der Waals surface area contributed by atoms with Gasteiger partial charge in [-0.1, -0.05) is 30.3 Å². The molecule has 0 aliphatic rings. The molecule has 1 amide bonds. The van der Waals surface area contributed by atoms with Gasteiger partial charge in [-0.15, -0.1) is 0 Å². The molecule has 0 radical (unpaired) electrons. The predicted molar refractivity (Wildman–Crippen MR) is 82.9 cm³/mol. The second-order valence-corrected chi connectivity index (χ2v) is 4.60. The molecule has 0 fully saturated rings. The summed E-state index contributed by atoms with van der Waals surface area (Å²) in [5, 5.41) is 2.68. The lowest BCUT2D eigenvalue weighted by molar-refractivity contribution is -0.122. The van der Waals surface area contributed by atoms with Gasteiger partial charge in [0.25, 0.3) is 5.91 Å². The lowest BCUT2D eigenvalue weighted by atomic mass is 10.1. The molecule has 0 saturated carbocycles. The molecule has 0 aliphatic carbocycles. The molecule has 1 N–H and O–H groups in total. The van der Waals surface area contributed by atoms with Gasteiger partial charge >= 0.3 is 5.97 Å². The molecule has 1 atom stereocenters. The number of ether oxygens (including phenoxy) is 2. The molecule has 0 bridgehead atoms. The van der Waals surface area contributed by atoms with Crippen LogP contribution in [0, 0.1) is 0 Å². The minimum absolute atomic E-state index is 0.297. The zero-order valence-electron chi connectivity index (χ0n) is 12.4.